The van der Waals surface area contributed by atoms with Crippen molar-refractivity contribution in [3.63, 3.8) is 0 Å². The molecule has 1 aromatic heterocycles. The van der Waals surface area contributed by atoms with E-state index < -0.39 is 0 Å². The standard InChI is InChI=1S/C9H12ClN3S/c1-5(2)3-6-8(10)13-7(4-12-6)9(11)14/h4-5H,3H2,1-2H3,(H2,11,14). The number of aromatic nitrogens is 2. The third kappa shape index (κ3) is 2.89. The van der Waals surface area contributed by atoms with E-state index in [1.54, 1.807) is 6.20 Å². The molecule has 0 saturated heterocycles. The van der Waals surface area contributed by atoms with Gasteiger partial charge in [0.2, 0.25) is 0 Å². The molecule has 0 radical (unpaired) electrons. The predicted octanol–water partition coefficient (Wildman–Crippen LogP) is 1.96. The first kappa shape index (κ1) is 11.3. The molecule has 14 heavy (non-hydrogen) atoms. The van der Waals surface area contributed by atoms with Crippen molar-refractivity contribution in [2.75, 3.05) is 0 Å². The van der Waals surface area contributed by atoms with Crippen LogP contribution < -0.4 is 5.73 Å². The summed E-state index contributed by atoms with van der Waals surface area (Å²) in [5.74, 6) is 0.498. The van der Waals surface area contributed by atoms with Crippen molar-refractivity contribution in [2.45, 2.75) is 20.3 Å². The molecule has 1 aromatic rings. The first-order valence-corrected chi connectivity index (χ1v) is 5.10. The third-order valence-electron chi connectivity index (χ3n) is 1.65. The summed E-state index contributed by atoms with van der Waals surface area (Å²) in [5, 5.41) is 0.393. The molecule has 0 saturated carbocycles. The number of hydrogen-bond donors (Lipinski definition) is 1. The van der Waals surface area contributed by atoms with E-state index in [1.807, 2.05) is 0 Å². The molecule has 1 heterocycles. The fraction of sp³-hybridized carbons (Fsp3) is 0.444. The lowest BCUT2D eigenvalue weighted by Crippen LogP contribution is -2.13. The lowest BCUT2D eigenvalue weighted by Gasteiger charge is -2.06. The van der Waals surface area contributed by atoms with E-state index in [0.29, 0.717) is 16.8 Å². The minimum absolute atomic E-state index is 0.218. The molecule has 5 heteroatoms. The molecular formula is C9H12ClN3S. The maximum Gasteiger partial charge on any atom is 0.151 e. The molecule has 1 rings (SSSR count). The summed E-state index contributed by atoms with van der Waals surface area (Å²) >= 11 is 10.7. The second kappa shape index (κ2) is 4.66. The lowest BCUT2D eigenvalue weighted by atomic mass is 10.1. The average Bonchev–Trinajstić information content (AvgIpc) is 2.07. The number of nitrogens with two attached hydrogens (primary N) is 1. The Balaban J connectivity index is 2.95. The van der Waals surface area contributed by atoms with Crippen LogP contribution in [0.4, 0.5) is 0 Å². The summed E-state index contributed by atoms with van der Waals surface area (Å²) in [6, 6.07) is 0. The monoisotopic (exact) mass is 229 g/mol. The molecule has 0 spiro atoms. The van der Waals surface area contributed by atoms with Gasteiger partial charge in [-0.05, 0) is 12.3 Å². The Morgan fingerprint density at radius 2 is 2.29 bits per heavy atom. The average molecular weight is 230 g/mol. The van der Waals surface area contributed by atoms with Crippen LogP contribution in [0.1, 0.15) is 25.2 Å². The van der Waals surface area contributed by atoms with E-state index >= 15 is 0 Å². The Labute approximate surface area is 93.7 Å². The highest BCUT2D eigenvalue weighted by Crippen LogP contribution is 2.14. The zero-order valence-corrected chi connectivity index (χ0v) is 9.69. The van der Waals surface area contributed by atoms with E-state index in [4.69, 9.17) is 29.6 Å². The number of rotatable bonds is 3. The van der Waals surface area contributed by atoms with Crippen LogP contribution in [0, 0.1) is 5.92 Å². The summed E-state index contributed by atoms with van der Waals surface area (Å²) in [6.45, 7) is 4.19. The van der Waals surface area contributed by atoms with E-state index in [1.165, 1.54) is 0 Å². The van der Waals surface area contributed by atoms with Gasteiger partial charge in [-0.2, -0.15) is 0 Å². The second-order valence-corrected chi connectivity index (χ2v) is 4.25. The van der Waals surface area contributed by atoms with Crippen LogP contribution in [0.3, 0.4) is 0 Å². The number of halogens is 1. The van der Waals surface area contributed by atoms with Crippen LogP contribution in [0.5, 0.6) is 0 Å². The highest BCUT2D eigenvalue weighted by atomic mass is 35.5. The van der Waals surface area contributed by atoms with Gasteiger partial charge < -0.3 is 5.73 Å². The smallest absolute Gasteiger partial charge is 0.151 e. The summed E-state index contributed by atoms with van der Waals surface area (Å²) in [7, 11) is 0. The Bertz CT molecular complexity index is 352. The van der Waals surface area contributed by atoms with Gasteiger partial charge in [0.15, 0.2) is 5.15 Å². The molecule has 0 unspecified atom stereocenters. The maximum atomic E-state index is 5.93. The fourth-order valence-electron chi connectivity index (χ4n) is 1.03. The Hall–Kier alpha value is -0.740. The molecule has 0 fully saturated rings. The molecule has 0 amide bonds. The van der Waals surface area contributed by atoms with Gasteiger partial charge in [0.05, 0.1) is 11.9 Å². The van der Waals surface area contributed by atoms with E-state index in [0.717, 1.165) is 12.1 Å². The maximum absolute atomic E-state index is 5.93. The molecule has 0 aliphatic carbocycles. The molecular weight excluding hydrogens is 218 g/mol. The van der Waals surface area contributed by atoms with Crippen LogP contribution in [0.25, 0.3) is 0 Å². The van der Waals surface area contributed by atoms with Crippen molar-refractivity contribution in [1.82, 2.24) is 9.97 Å². The van der Waals surface area contributed by atoms with Crippen molar-refractivity contribution < 1.29 is 0 Å². The van der Waals surface area contributed by atoms with Crippen LogP contribution in [0.2, 0.25) is 5.15 Å². The largest absolute Gasteiger partial charge is 0.388 e. The number of nitrogens with zero attached hydrogens (tertiary/aromatic N) is 2. The SMILES string of the molecule is CC(C)Cc1ncc(C(N)=S)nc1Cl. The first-order valence-electron chi connectivity index (χ1n) is 4.32. The van der Waals surface area contributed by atoms with Crippen LogP contribution in [-0.2, 0) is 6.42 Å². The highest BCUT2D eigenvalue weighted by molar-refractivity contribution is 7.80. The van der Waals surface area contributed by atoms with E-state index in [-0.39, 0.29) is 4.99 Å². The molecule has 3 nitrogen and oxygen atoms in total. The third-order valence-corrected chi connectivity index (χ3v) is 2.17. The van der Waals surface area contributed by atoms with Crippen molar-refractivity contribution >= 4 is 28.8 Å². The van der Waals surface area contributed by atoms with Crippen molar-refractivity contribution in [3.8, 4) is 0 Å². The minimum Gasteiger partial charge on any atom is -0.388 e. The van der Waals surface area contributed by atoms with Crippen LogP contribution >= 0.6 is 23.8 Å². The van der Waals surface area contributed by atoms with Gasteiger partial charge >= 0.3 is 0 Å². The van der Waals surface area contributed by atoms with Crippen molar-refractivity contribution in [2.24, 2.45) is 11.7 Å². The normalized spacial score (nSPS) is 10.6. The first-order chi connectivity index (χ1) is 6.50. The second-order valence-electron chi connectivity index (χ2n) is 3.45. The molecule has 0 atom stereocenters. The van der Waals surface area contributed by atoms with E-state index in [9.17, 15) is 0 Å². The van der Waals surface area contributed by atoms with Gasteiger partial charge in [-0.25, -0.2) is 4.98 Å². The van der Waals surface area contributed by atoms with Gasteiger partial charge in [0.1, 0.15) is 10.7 Å². The molecule has 0 aromatic carbocycles. The summed E-state index contributed by atoms with van der Waals surface area (Å²) < 4.78 is 0. The molecule has 0 bridgehead atoms. The van der Waals surface area contributed by atoms with Gasteiger partial charge in [0.25, 0.3) is 0 Å². The number of hydrogen-bond acceptors (Lipinski definition) is 3. The topological polar surface area (TPSA) is 51.8 Å². The van der Waals surface area contributed by atoms with Gasteiger partial charge in [-0.1, -0.05) is 37.7 Å². The van der Waals surface area contributed by atoms with Crippen molar-refractivity contribution in [1.29, 1.82) is 0 Å². The summed E-state index contributed by atoms with van der Waals surface area (Å²) in [6.07, 6.45) is 2.37. The quantitative estimate of drug-likeness (QED) is 0.806. The molecule has 76 valence electrons. The minimum atomic E-state index is 0.218. The molecule has 0 aliphatic rings. The Morgan fingerprint density at radius 3 is 2.71 bits per heavy atom. The fourth-order valence-corrected chi connectivity index (χ4v) is 1.35. The molecule has 0 aliphatic heterocycles. The van der Waals surface area contributed by atoms with Crippen LogP contribution in [0.15, 0.2) is 6.20 Å². The summed E-state index contributed by atoms with van der Waals surface area (Å²) in [5.41, 5.74) is 6.67. The zero-order chi connectivity index (χ0) is 10.7. The Morgan fingerprint density at radius 1 is 1.64 bits per heavy atom. The molecule has 2 N–H and O–H groups in total. The van der Waals surface area contributed by atoms with Crippen LogP contribution in [-0.4, -0.2) is 15.0 Å². The lowest BCUT2D eigenvalue weighted by molar-refractivity contribution is 0.633. The van der Waals surface area contributed by atoms with Crippen molar-refractivity contribution in [3.05, 3.63) is 22.7 Å². The predicted molar refractivity (Wildman–Crippen MR) is 61.5 cm³/mol. The van der Waals surface area contributed by atoms with Gasteiger partial charge in [-0.3, -0.25) is 4.98 Å². The highest BCUT2D eigenvalue weighted by Gasteiger charge is 2.08. The van der Waals surface area contributed by atoms with E-state index in [2.05, 4.69) is 23.8 Å². The Kier molecular flexibility index (Phi) is 3.77. The van der Waals surface area contributed by atoms with Gasteiger partial charge in [0, 0.05) is 0 Å². The van der Waals surface area contributed by atoms with Gasteiger partial charge in [-0.15, -0.1) is 0 Å². The zero-order valence-electron chi connectivity index (χ0n) is 8.12. The summed E-state index contributed by atoms with van der Waals surface area (Å²) in [4.78, 5) is 8.46. The number of thiocarbonyl (C=S) groups is 1.